The van der Waals surface area contributed by atoms with Crippen molar-refractivity contribution in [3.63, 3.8) is 0 Å². The monoisotopic (exact) mass is 400 g/mol. The van der Waals surface area contributed by atoms with E-state index in [9.17, 15) is 14.7 Å². The summed E-state index contributed by atoms with van der Waals surface area (Å²) >= 11 is 0. The quantitative estimate of drug-likeness (QED) is 0.745. The second-order valence-electron chi connectivity index (χ2n) is 7.06. The molecule has 1 aliphatic heterocycles. The molecule has 0 aliphatic carbocycles. The first-order valence-corrected chi connectivity index (χ1v) is 9.27. The van der Waals surface area contributed by atoms with Crippen molar-refractivity contribution in [1.29, 1.82) is 0 Å². The van der Waals surface area contributed by atoms with Crippen molar-refractivity contribution in [3.05, 3.63) is 71.8 Å². The van der Waals surface area contributed by atoms with E-state index in [0.717, 1.165) is 0 Å². The summed E-state index contributed by atoms with van der Waals surface area (Å²) < 4.78 is 22.0. The summed E-state index contributed by atoms with van der Waals surface area (Å²) in [5.41, 5.74) is -0.931. The number of carbonyl (C=O) groups excluding carboxylic acids is 2. The van der Waals surface area contributed by atoms with E-state index in [1.54, 1.807) is 67.6 Å². The van der Waals surface area contributed by atoms with Gasteiger partial charge in [0.25, 0.3) is 0 Å². The lowest BCUT2D eigenvalue weighted by Gasteiger charge is -2.30. The SMILES string of the molecule is COC1OC(C(C)OC(=O)c2ccccc2)C(OC(=O)c2ccccc2)C1(C)O. The zero-order chi connectivity index (χ0) is 21.0. The summed E-state index contributed by atoms with van der Waals surface area (Å²) in [6, 6.07) is 16.9. The molecule has 0 aromatic heterocycles. The molecule has 5 atom stereocenters. The molecule has 1 N–H and O–H groups in total. The Morgan fingerprint density at radius 1 is 1.00 bits per heavy atom. The highest BCUT2D eigenvalue weighted by atomic mass is 16.7. The van der Waals surface area contributed by atoms with Crippen molar-refractivity contribution in [2.24, 2.45) is 0 Å². The number of benzene rings is 2. The lowest BCUT2D eigenvalue weighted by Crippen LogP contribution is -2.50. The normalized spacial score (nSPS) is 27.2. The number of rotatable bonds is 6. The third-order valence-electron chi connectivity index (χ3n) is 4.85. The molecule has 1 heterocycles. The fraction of sp³-hybridized carbons (Fsp3) is 0.364. The van der Waals surface area contributed by atoms with Gasteiger partial charge in [-0.2, -0.15) is 0 Å². The van der Waals surface area contributed by atoms with Gasteiger partial charge in [-0.15, -0.1) is 0 Å². The maximum Gasteiger partial charge on any atom is 0.338 e. The Morgan fingerprint density at radius 2 is 1.52 bits per heavy atom. The first-order valence-electron chi connectivity index (χ1n) is 9.27. The van der Waals surface area contributed by atoms with Gasteiger partial charge in [0.15, 0.2) is 18.0 Å². The largest absolute Gasteiger partial charge is 0.456 e. The average Bonchev–Trinajstić information content (AvgIpc) is 2.99. The molecule has 2 aromatic carbocycles. The van der Waals surface area contributed by atoms with Crippen LogP contribution in [0.2, 0.25) is 0 Å². The van der Waals surface area contributed by atoms with Crippen molar-refractivity contribution in [2.75, 3.05) is 7.11 Å². The van der Waals surface area contributed by atoms with Crippen LogP contribution in [0, 0.1) is 0 Å². The third kappa shape index (κ3) is 4.48. The molecule has 7 heteroatoms. The first kappa shape index (κ1) is 21.0. The van der Waals surface area contributed by atoms with Gasteiger partial charge in [0.2, 0.25) is 0 Å². The highest BCUT2D eigenvalue weighted by Gasteiger charge is 2.58. The molecule has 0 bridgehead atoms. The van der Waals surface area contributed by atoms with E-state index in [1.807, 2.05) is 0 Å². The van der Waals surface area contributed by atoms with Crippen LogP contribution in [-0.2, 0) is 18.9 Å². The van der Waals surface area contributed by atoms with Gasteiger partial charge in [-0.25, -0.2) is 9.59 Å². The van der Waals surface area contributed by atoms with Crippen molar-refractivity contribution in [1.82, 2.24) is 0 Å². The highest BCUT2D eigenvalue weighted by Crippen LogP contribution is 2.36. The van der Waals surface area contributed by atoms with Crippen LogP contribution in [0.4, 0.5) is 0 Å². The van der Waals surface area contributed by atoms with Crippen LogP contribution in [0.1, 0.15) is 34.6 Å². The van der Waals surface area contributed by atoms with Crippen LogP contribution in [0.5, 0.6) is 0 Å². The molecule has 29 heavy (non-hydrogen) atoms. The summed E-state index contributed by atoms with van der Waals surface area (Å²) in [5, 5.41) is 10.9. The molecule has 1 saturated heterocycles. The first-order chi connectivity index (χ1) is 13.8. The maximum atomic E-state index is 12.6. The van der Waals surface area contributed by atoms with Gasteiger partial charge < -0.3 is 24.1 Å². The molecule has 3 rings (SSSR count). The molecule has 5 unspecified atom stereocenters. The number of esters is 2. The number of carbonyl (C=O) groups is 2. The molecule has 0 radical (unpaired) electrons. The number of aliphatic hydroxyl groups is 1. The van der Waals surface area contributed by atoms with E-state index in [4.69, 9.17) is 18.9 Å². The van der Waals surface area contributed by atoms with Crippen molar-refractivity contribution in [2.45, 2.75) is 44.1 Å². The number of ether oxygens (including phenoxy) is 4. The van der Waals surface area contributed by atoms with Crippen LogP contribution >= 0.6 is 0 Å². The molecule has 1 aliphatic rings. The number of hydrogen-bond donors (Lipinski definition) is 1. The van der Waals surface area contributed by atoms with E-state index >= 15 is 0 Å². The molecule has 0 spiro atoms. The molecule has 0 amide bonds. The van der Waals surface area contributed by atoms with E-state index in [-0.39, 0.29) is 0 Å². The molecule has 2 aromatic rings. The number of methoxy groups -OCH3 is 1. The summed E-state index contributed by atoms with van der Waals surface area (Å²) in [6.45, 7) is 3.07. The molecule has 7 nitrogen and oxygen atoms in total. The van der Waals surface area contributed by atoms with Crippen LogP contribution in [0.15, 0.2) is 60.7 Å². The van der Waals surface area contributed by atoms with Gasteiger partial charge in [0.1, 0.15) is 12.2 Å². The predicted molar refractivity (Wildman–Crippen MR) is 103 cm³/mol. The smallest absolute Gasteiger partial charge is 0.338 e. The van der Waals surface area contributed by atoms with E-state index in [2.05, 4.69) is 0 Å². The maximum absolute atomic E-state index is 12.6. The predicted octanol–water partition coefficient (Wildman–Crippen LogP) is 2.58. The summed E-state index contributed by atoms with van der Waals surface area (Å²) in [6.07, 6.45) is -3.91. The lowest BCUT2D eigenvalue weighted by molar-refractivity contribution is -0.190. The number of hydrogen-bond acceptors (Lipinski definition) is 7. The Kier molecular flexibility index (Phi) is 6.32. The summed E-state index contributed by atoms with van der Waals surface area (Å²) in [7, 11) is 1.37. The molecule has 0 saturated carbocycles. The molecular weight excluding hydrogens is 376 g/mol. The van der Waals surface area contributed by atoms with Gasteiger partial charge >= 0.3 is 11.9 Å². The Bertz CT molecular complexity index is 835. The molecule has 154 valence electrons. The second kappa shape index (κ2) is 8.73. The van der Waals surface area contributed by atoms with E-state index in [0.29, 0.717) is 11.1 Å². The second-order valence-corrected chi connectivity index (χ2v) is 7.06. The van der Waals surface area contributed by atoms with Crippen LogP contribution in [0.3, 0.4) is 0 Å². The van der Waals surface area contributed by atoms with Gasteiger partial charge in [0, 0.05) is 7.11 Å². The van der Waals surface area contributed by atoms with Crippen LogP contribution in [-0.4, -0.2) is 54.4 Å². The molecule has 1 fully saturated rings. The topological polar surface area (TPSA) is 91.3 Å². The van der Waals surface area contributed by atoms with Crippen molar-refractivity contribution < 1.29 is 33.6 Å². The zero-order valence-corrected chi connectivity index (χ0v) is 16.5. The summed E-state index contributed by atoms with van der Waals surface area (Å²) in [4.78, 5) is 25.0. The lowest BCUT2D eigenvalue weighted by atomic mass is 9.95. The van der Waals surface area contributed by atoms with Crippen LogP contribution < -0.4 is 0 Å². The van der Waals surface area contributed by atoms with Gasteiger partial charge in [0.05, 0.1) is 11.1 Å². The van der Waals surface area contributed by atoms with E-state index in [1.165, 1.54) is 14.0 Å². The Balaban J connectivity index is 1.79. The van der Waals surface area contributed by atoms with Crippen molar-refractivity contribution in [3.8, 4) is 0 Å². The summed E-state index contributed by atoms with van der Waals surface area (Å²) in [5.74, 6) is -1.17. The average molecular weight is 400 g/mol. The minimum atomic E-state index is -1.64. The third-order valence-corrected chi connectivity index (χ3v) is 4.85. The van der Waals surface area contributed by atoms with Gasteiger partial charge in [-0.1, -0.05) is 36.4 Å². The Labute approximate surface area is 169 Å². The fourth-order valence-corrected chi connectivity index (χ4v) is 3.29. The van der Waals surface area contributed by atoms with Gasteiger partial charge in [-0.05, 0) is 38.1 Å². The Hall–Kier alpha value is -2.74. The highest BCUT2D eigenvalue weighted by molar-refractivity contribution is 5.90. The minimum Gasteiger partial charge on any atom is -0.456 e. The fourth-order valence-electron chi connectivity index (χ4n) is 3.29. The van der Waals surface area contributed by atoms with E-state index < -0.39 is 42.1 Å². The van der Waals surface area contributed by atoms with Gasteiger partial charge in [-0.3, -0.25) is 0 Å². The van der Waals surface area contributed by atoms with Crippen LogP contribution in [0.25, 0.3) is 0 Å². The zero-order valence-electron chi connectivity index (χ0n) is 16.5. The Morgan fingerprint density at radius 3 is 2.03 bits per heavy atom. The standard InChI is InChI=1S/C22H24O7/c1-14(27-19(23)15-10-6-4-7-11-15)17-18(22(2,25)21(26-3)28-17)29-20(24)16-12-8-5-9-13-16/h4-14,17-18,21,25H,1-3H3. The molecular formula is C22H24O7. The minimum absolute atomic E-state index is 0.330. The van der Waals surface area contributed by atoms with Crippen molar-refractivity contribution >= 4 is 11.9 Å².